The van der Waals surface area contributed by atoms with Gasteiger partial charge in [-0.3, -0.25) is 4.79 Å². The van der Waals surface area contributed by atoms with E-state index in [2.05, 4.69) is 5.32 Å². The van der Waals surface area contributed by atoms with Crippen LogP contribution >= 0.6 is 0 Å². The summed E-state index contributed by atoms with van der Waals surface area (Å²) in [5, 5.41) is 3.45. The first kappa shape index (κ1) is 17.9. The Hall–Kier alpha value is -1.44. The van der Waals surface area contributed by atoms with Gasteiger partial charge in [-0.1, -0.05) is 0 Å². The van der Waals surface area contributed by atoms with Crippen LogP contribution in [-0.4, -0.2) is 62.8 Å². The van der Waals surface area contributed by atoms with Crippen LogP contribution in [0.2, 0.25) is 0 Å². The quantitative estimate of drug-likeness (QED) is 0.868. The molecule has 3 aliphatic rings. The van der Waals surface area contributed by atoms with Gasteiger partial charge in [0.15, 0.2) is 0 Å². The van der Waals surface area contributed by atoms with Crippen molar-refractivity contribution in [1.29, 1.82) is 0 Å². The van der Waals surface area contributed by atoms with Gasteiger partial charge in [0.2, 0.25) is 10.0 Å². The second-order valence-electron chi connectivity index (χ2n) is 7.68. The number of likely N-dealkylation sites (tertiary alicyclic amines) is 1. The summed E-state index contributed by atoms with van der Waals surface area (Å²) in [6, 6.07) is 6.49. The van der Waals surface area contributed by atoms with Crippen molar-refractivity contribution in [2.24, 2.45) is 11.8 Å². The number of nitrogens with zero attached hydrogens (tertiary/aromatic N) is 2. The summed E-state index contributed by atoms with van der Waals surface area (Å²) in [6.45, 7) is 4.89. The standard InChI is InChI=1S/C19H27N3O3S/c23-19(21-11-7-16-13-20-14-17(16)8-12-21)15-3-5-18(6-4-15)26(24,25)22-9-1-2-10-22/h3-6,16-17,20H,1-2,7-14H2/t16-,17+. The van der Waals surface area contributed by atoms with Crippen LogP contribution in [0.25, 0.3) is 0 Å². The molecule has 0 radical (unpaired) electrons. The van der Waals surface area contributed by atoms with E-state index >= 15 is 0 Å². The van der Waals surface area contributed by atoms with Gasteiger partial charge in [0.25, 0.3) is 5.91 Å². The number of carbonyl (C=O) groups is 1. The molecule has 26 heavy (non-hydrogen) atoms. The van der Waals surface area contributed by atoms with Crippen molar-refractivity contribution in [3.8, 4) is 0 Å². The lowest BCUT2D eigenvalue weighted by molar-refractivity contribution is 0.0758. The minimum atomic E-state index is -3.42. The molecule has 0 saturated carbocycles. The maximum absolute atomic E-state index is 12.8. The number of rotatable bonds is 3. The number of amides is 1. The fourth-order valence-electron chi connectivity index (χ4n) is 4.45. The van der Waals surface area contributed by atoms with Gasteiger partial charge >= 0.3 is 0 Å². The summed E-state index contributed by atoms with van der Waals surface area (Å²) >= 11 is 0. The fourth-order valence-corrected chi connectivity index (χ4v) is 5.97. The molecule has 7 heteroatoms. The third-order valence-electron chi connectivity index (χ3n) is 6.11. The molecular weight excluding hydrogens is 350 g/mol. The Morgan fingerprint density at radius 2 is 1.50 bits per heavy atom. The molecule has 1 amide bonds. The van der Waals surface area contributed by atoms with Crippen molar-refractivity contribution in [2.45, 2.75) is 30.6 Å². The molecule has 1 N–H and O–H groups in total. The molecule has 3 heterocycles. The van der Waals surface area contributed by atoms with Crippen LogP contribution in [0.1, 0.15) is 36.0 Å². The Labute approximate surface area is 155 Å². The van der Waals surface area contributed by atoms with Crippen molar-refractivity contribution >= 4 is 15.9 Å². The number of benzene rings is 1. The summed E-state index contributed by atoms with van der Waals surface area (Å²) in [4.78, 5) is 15.1. The molecule has 3 aliphatic heterocycles. The topological polar surface area (TPSA) is 69.7 Å². The molecule has 2 atom stereocenters. The lowest BCUT2D eigenvalue weighted by Gasteiger charge is -2.21. The van der Waals surface area contributed by atoms with Gasteiger partial charge < -0.3 is 10.2 Å². The molecule has 0 unspecified atom stereocenters. The molecule has 1 aromatic rings. The van der Waals surface area contributed by atoms with Crippen molar-refractivity contribution in [3.05, 3.63) is 29.8 Å². The van der Waals surface area contributed by atoms with Crippen LogP contribution in [0.3, 0.4) is 0 Å². The zero-order chi connectivity index (χ0) is 18.1. The van der Waals surface area contributed by atoms with Crippen molar-refractivity contribution in [2.75, 3.05) is 39.3 Å². The monoisotopic (exact) mass is 377 g/mol. The van der Waals surface area contributed by atoms with E-state index in [9.17, 15) is 13.2 Å². The number of fused-ring (bicyclic) bond motifs is 1. The zero-order valence-electron chi connectivity index (χ0n) is 15.1. The Bertz CT molecular complexity index is 743. The second kappa shape index (κ2) is 7.29. The van der Waals surface area contributed by atoms with E-state index < -0.39 is 10.0 Å². The minimum Gasteiger partial charge on any atom is -0.339 e. The van der Waals surface area contributed by atoms with Crippen molar-refractivity contribution in [3.63, 3.8) is 0 Å². The lowest BCUT2D eigenvalue weighted by atomic mass is 9.92. The first-order valence-electron chi connectivity index (χ1n) is 9.66. The molecule has 0 bridgehead atoms. The van der Waals surface area contributed by atoms with Gasteiger partial charge in [-0.05, 0) is 74.9 Å². The number of sulfonamides is 1. The van der Waals surface area contributed by atoms with E-state index in [-0.39, 0.29) is 10.8 Å². The van der Waals surface area contributed by atoms with E-state index in [4.69, 9.17) is 0 Å². The molecule has 0 aromatic heterocycles. The van der Waals surface area contributed by atoms with Crippen LogP contribution < -0.4 is 5.32 Å². The summed E-state index contributed by atoms with van der Waals surface area (Å²) < 4.78 is 26.7. The Morgan fingerprint density at radius 1 is 0.923 bits per heavy atom. The average Bonchev–Trinajstić information content (AvgIpc) is 3.31. The first-order chi connectivity index (χ1) is 12.6. The van der Waals surface area contributed by atoms with Gasteiger partial charge in [0.05, 0.1) is 4.90 Å². The predicted molar refractivity (Wildman–Crippen MR) is 99.4 cm³/mol. The maximum Gasteiger partial charge on any atom is 0.253 e. The number of hydrogen-bond donors (Lipinski definition) is 1. The maximum atomic E-state index is 12.8. The van der Waals surface area contributed by atoms with E-state index in [1.54, 1.807) is 24.3 Å². The van der Waals surface area contributed by atoms with Crippen molar-refractivity contribution < 1.29 is 13.2 Å². The minimum absolute atomic E-state index is 0.0167. The molecular formula is C19H27N3O3S. The lowest BCUT2D eigenvalue weighted by Crippen LogP contribution is -2.33. The summed E-state index contributed by atoms with van der Waals surface area (Å²) in [5.74, 6) is 1.38. The van der Waals surface area contributed by atoms with Crippen LogP contribution in [-0.2, 0) is 10.0 Å². The van der Waals surface area contributed by atoms with E-state index in [0.29, 0.717) is 30.5 Å². The van der Waals surface area contributed by atoms with Crippen molar-refractivity contribution in [1.82, 2.24) is 14.5 Å². The highest BCUT2D eigenvalue weighted by molar-refractivity contribution is 7.89. The highest BCUT2D eigenvalue weighted by atomic mass is 32.2. The van der Waals surface area contributed by atoms with E-state index in [1.807, 2.05) is 4.90 Å². The molecule has 4 rings (SSSR count). The van der Waals surface area contributed by atoms with Crippen LogP contribution in [0, 0.1) is 11.8 Å². The molecule has 3 saturated heterocycles. The van der Waals surface area contributed by atoms with Crippen LogP contribution in [0.15, 0.2) is 29.2 Å². The number of nitrogens with one attached hydrogen (secondary N) is 1. The second-order valence-corrected chi connectivity index (χ2v) is 9.62. The Morgan fingerprint density at radius 3 is 2.08 bits per heavy atom. The fraction of sp³-hybridized carbons (Fsp3) is 0.632. The van der Waals surface area contributed by atoms with Gasteiger partial charge in [-0.15, -0.1) is 0 Å². The summed E-state index contributed by atoms with van der Waals surface area (Å²) in [6.07, 6.45) is 3.93. The highest BCUT2D eigenvalue weighted by Gasteiger charge is 2.32. The molecule has 6 nitrogen and oxygen atoms in total. The highest BCUT2D eigenvalue weighted by Crippen LogP contribution is 2.28. The van der Waals surface area contributed by atoms with Gasteiger partial charge in [0.1, 0.15) is 0 Å². The Kier molecular flexibility index (Phi) is 5.03. The third kappa shape index (κ3) is 3.40. The summed E-state index contributed by atoms with van der Waals surface area (Å²) in [7, 11) is -3.42. The SMILES string of the molecule is O=C(c1ccc(S(=O)(=O)N2CCCC2)cc1)N1CC[C@@H]2CNC[C@@H]2CC1. The molecule has 142 valence electrons. The van der Waals surface area contributed by atoms with Crippen LogP contribution in [0.5, 0.6) is 0 Å². The number of carbonyl (C=O) groups excluding carboxylic acids is 1. The van der Waals surface area contributed by atoms with E-state index in [0.717, 1.165) is 51.9 Å². The molecule has 1 aromatic carbocycles. The number of hydrogen-bond acceptors (Lipinski definition) is 4. The first-order valence-corrected chi connectivity index (χ1v) is 11.1. The molecule has 3 fully saturated rings. The predicted octanol–water partition coefficient (Wildman–Crippen LogP) is 1.54. The van der Waals surface area contributed by atoms with Gasteiger partial charge in [-0.25, -0.2) is 8.42 Å². The van der Waals surface area contributed by atoms with Crippen LogP contribution in [0.4, 0.5) is 0 Å². The van der Waals surface area contributed by atoms with Gasteiger partial charge in [0, 0.05) is 31.7 Å². The van der Waals surface area contributed by atoms with E-state index in [1.165, 1.54) is 4.31 Å². The van der Waals surface area contributed by atoms with Gasteiger partial charge in [-0.2, -0.15) is 4.31 Å². The molecule has 0 aliphatic carbocycles. The smallest absolute Gasteiger partial charge is 0.253 e. The third-order valence-corrected chi connectivity index (χ3v) is 8.02. The average molecular weight is 378 g/mol. The largest absolute Gasteiger partial charge is 0.339 e. The molecule has 0 spiro atoms. The Balaban J connectivity index is 1.45. The normalized spacial score (nSPS) is 27.3. The zero-order valence-corrected chi connectivity index (χ0v) is 15.9. The summed E-state index contributed by atoms with van der Waals surface area (Å²) in [5.41, 5.74) is 0.579.